The second-order valence-corrected chi connectivity index (χ2v) is 6.45. The van der Waals surface area contributed by atoms with Gasteiger partial charge in [-0.05, 0) is 44.2 Å². The maximum absolute atomic E-state index is 12.9. The molecule has 2 N–H and O–H groups in total. The van der Waals surface area contributed by atoms with Gasteiger partial charge in [0.2, 0.25) is 0 Å². The Morgan fingerprint density at radius 3 is 2.54 bits per heavy atom. The van der Waals surface area contributed by atoms with Gasteiger partial charge in [-0.15, -0.1) is 24.8 Å². The average Bonchev–Trinajstić information content (AvgIpc) is 3.06. The minimum atomic E-state index is 0. The highest BCUT2D eigenvalue weighted by Gasteiger charge is 2.28. The van der Waals surface area contributed by atoms with E-state index in [4.69, 9.17) is 5.73 Å². The van der Waals surface area contributed by atoms with E-state index in [1.807, 2.05) is 36.9 Å². The molecule has 1 aliphatic heterocycles. The van der Waals surface area contributed by atoms with Gasteiger partial charge < -0.3 is 10.6 Å². The van der Waals surface area contributed by atoms with Crippen LogP contribution in [0.4, 0.5) is 0 Å². The molecule has 3 rings (SSSR count). The van der Waals surface area contributed by atoms with Crippen molar-refractivity contribution in [1.29, 1.82) is 0 Å². The molecule has 2 aromatic heterocycles. The molecule has 0 radical (unpaired) electrons. The van der Waals surface area contributed by atoms with Gasteiger partial charge in [-0.25, -0.2) is 9.67 Å². The first kappa shape index (κ1) is 22.4. The van der Waals surface area contributed by atoms with E-state index in [0.717, 1.165) is 43.9 Å². The number of pyridine rings is 1. The zero-order valence-corrected chi connectivity index (χ0v) is 16.8. The largest absolute Gasteiger partial charge is 0.339 e. The van der Waals surface area contributed by atoms with Gasteiger partial charge in [-0.1, -0.05) is 13.0 Å². The fraction of sp³-hybridized carbons (Fsp3) is 0.500. The van der Waals surface area contributed by atoms with Crippen LogP contribution < -0.4 is 5.73 Å². The van der Waals surface area contributed by atoms with Crippen molar-refractivity contribution >= 4 is 30.7 Å². The number of halogens is 2. The first-order valence-electron chi connectivity index (χ1n) is 8.65. The van der Waals surface area contributed by atoms with E-state index in [9.17, 15) is 4.79 Å². The second kappa shape index (κ2) is 9.90. The molecule has 1 atom stereocenters. The lowest BCUT2D eigenvalue weighted by atomic mass is 9.90. The van der Waals surface area contributed by atoms with Crippen LogP contribution in [0.2, 0.25) is 0 Å². The quantitative estimate of drug-likeness (QED) is 0.856. The summed E-state index contributed by atoms with van der Waals surface area (Å²) in [6, 6.07) is 5.88. The summed E-state index contributed by atoms with van der Waals surface area (Å²) >= 11 is 0. The number of nitrogens with zero attached hydrogens (tertiary/aromatic N) is 4. The van der Waals surface area contributed by atoms with Crippen LogP contribution in [0.15, 0.2) is 30.6 Å². The van der Waals surface area contributed by atoms with Crippen molar-refractivity contribution < 1.29 is 4.79 Å². The number of nitrogens with two attached hydrogens (primary N) is 1. The molecule has 1 fully saturated rings. The van der Waals surface area contributed by atoms with Crippen LogP contribution >= 0.6 is 24.8 Å². The molecule has 3 heterocycles. The van der Waals surface area contributed by atoms with Crippen LogP contribution in [-0.2, 0) is 6.42 Å². The summed E-state index contributed by atoms with van der Waals surface area (Å²) in [6.45, 7) is 5.62. The van der Waals surface area contributed by atoms with Gasteiger partial charge in [0.15, 0.2) is 5.82 Å². The van der Waals surface area contributed by atoms with E-state index in [1.165, 1.54) is 0 Å². The van der Waals surface area contributed by atoms with E-state index in [-0.39, 0.29) is 36.8 Å². The van der Waals surface area contributed by atoms with Gasteiger partial charge in [-0.3, -0.25) is 4.79 Å². The predicted octanol–water partition coefficient (Wildman–Crippen LogP) is 2.87. The average molecular weight is 400 g/mol. The Balaban J connectivity index is 0.00000169. The summed E-state index contributed by atoms with van der Waals surface area (Å²) in [7, 11) is 0. The van der Waals surface area contributed by atoms with E-state index in [2.05, 4.69) is 10.1 Å². The summed E-state index contributed by atoms with van der Waals surface area (Å²) in [5.74, 6) is 1.32. The van der Waals surface area contributed by atoms with E-state index in [0.29, 0.717) is 11.5 Å². The van der Waals surface area contributed by atoms with Crippen LogP contribution in [0, 0.1) is 5.92 Å². The number of likely N-dealkylation sites (tertiary alicyclic amines) is 1. The maximum Gasteiger partial charge on any atom is 0.257 e. The standard InChI is InChI=1S/C18H25N5O.2ClH/c1-3-16-15(12-21-23(16)17-6-4-5-9-20-17)18(24)22-10-7-14(8-11-22)13(2)19;;/h4-6,9,12-14H,3,7-8,10-11,19H2,1-2H3;2*1H. The number of hydrogen-bond donors (Lipinski definition) is 1. The summed E-state index contributed by atoms with van der Waals surface area (Å²) in [6.07, 6.45) is 6.08. The number of piperidine rings is 1. The van der Waals surface area contributed by atoms with Crippen molar-refractivity contribution in [1.82, 2.24) is 19.7 Å². The van der Waals surface area contributed by atoms with Crippen molar-refractivity contribution in [2.45, 2.75) is 39.2 Å². The summed E-state index contributed by atoms with van der Waals surface area (Å²) in [5.41, 5.74) is 7.58. The third-order valence-corrected chi connectivity index (χ3v) is 4.87. The predicted molar refractivity (Wildman–Crippen MR) is 108 cm³/mol. The van der Waals surface area contributed by atoms with Gasteiger partial charge in [0.1, 0.15) is 0 Å². The molecule has 26 heavy (non-hydrogen) atoms. The van der Waals surface area contributed by atoms with Crippen LogP contribution in [0.25, 0.3) is 5.82 Å². The molecular weight excluding hydrogens is 373 g/mol. The first-order valence-corrected chi connectivity index (χ1v) is 8.65. The smallest absolute Gasteiger partial charge is 0.257 e. The third-order valence-electron chi connectivity index (χ3n) is 4.87. The normalized spacial score (nSPS) is 15.7. The molecule has 0 saturated carbocycles. The molecule has 0 spiro atoms. The van der Waals surface area contributed by atoms with E-state index >= 15 is 0 Å². The van der Waals surface area contributed by atoms with E-state index in [1.54, 1.807) is 17.1 Å². The number of aromatic nitrogens is 3. The highest BCUT2D eigenvalue weighted by Crippen LogP contribution is 2.23. The Morgan fingerprint density at radius 1 is 1.31 bits per heavy atom. The third kappa shape index (κ3) is 4.55. The van der Waals surface area contributed by atoms with Crippen molar-refractivity contribution in [3.05, 3.63) is 41.9 Å². The highest BCUT2D eigenvalue weighted by atomic mass is 35.5. The fourth-order valence-corrected chi connectivity index (χ4v) is 3.37. The van der Waals surface area contributed by atoms with Crippen molar-refractivity contribution in [2.75, 3.05) is 13.1 Å². The lowest BCUT2D eigenvalue weighted by Crippen LogP contribution is -2.42. The molecule has 2 aromatic rings. The molecule has 1 unspecified atom stereocenters. The van der Waals surface area contributed by atoms with Gasteiger partial charge in [0, 0.05) is 25.3 Å². The van der Waals surface area contributed by atoms with Gasteiger partial charge in [0.25, 0.3) is 5.91 Å². The van der Waals surface area contributed by atoms with Crippen molar-refractivity contribution in [3.63, 3.8) is 0 Å². The molecule has 1 amide bonds. The first-order chi connectivity index (χ1) is 11.6. The van der Waals surface area contributed by atoms with Crippen LogP contribution in [0.5, 0.6) is 0 Å². The molecule has 8 heteroatoms. The number of carbonyl (C=O) groups is 1. The number of amides is 1. The van der Waals surface area contributed by atoms with Crippen molar-refractivity contribution in [3.8, 4) is 5.82 Å². The zero-order chi connectivity index (χ0) is 17.1. The number of rotatable bonds is 4. The number of carbonyl (C=O) groups excluding carboxylic acids is 1. The lowest BCUT2D eigenvalue weighted by molar-refractivity contribution is 0.0680. The van der Waals surface area contributed by atoms with Gasteiger partial charge in [0.05, 0.1) is 17.5 Å². The molecule has 1 saturated heterocycles. The molecule has 0 bridgehead atoms. The summed E-state index contributed by atoms with van der Waals surface area (Å²) in [5, 5.41) is 4.40. The summed E-state index contributed by atoms with van der Waals surface area (Å²) < 4.78 is 1.77. The van der Waals surface area contributed by atoms with Gasteiger partial charge >= 0.3 is 0 Å². The Hall–Kier alpha value is -1.63. The SMILES string of the molecule is CCc1c(C(=O)N2CCC(C(C)N)CC2)cnn1-c1ccccn1.Cl.Cl. The van der Waals surface area contributed by atoms with Crippen LogP contribution in [0.1, 0.15) is 42.7 Å². The van der Waals surface area contributed by atoms with E-state index < -0.39 is 0 Å². The Kier molecular flexibility index (Phi) is 8.53. The van der Waals surface area contributed by atoms with Crippen molar-refractivity contribution in [2.24, 2.45) is 11.7 Å². The second-order valence-electron chi connectivity index (χ2n) is 6.45. The van der Waals surface area contributed by atoms with Crippen LogP contribution in [0.3, 0.4) is 0 Å². The molecule has 144 valence electrons. The Bertz CT molecular complexity index is 697. The van der Waals surface area contributed by atoms with Crippen LogP contribution in [-0.4, -0.2) is 44.7 Å². The Morgan fingerprint density at radius 2 is 2.00 bits per heavy atom. The highest BCUT2D eigenvalue weighted by molar-refractivity contribution is 5.95. The minimum absolute atomic E-state index is 0. The molecule has 6 nitrogen and oxygen atoms in total. The molecule has 1 aliphatic rings. The Labute approximate surface area is 167 Å². The minimum Gasteiger partial charge on any atom is -0.339 e. The fourth-order valence-electron chi connectivity index (χ4n) is 3.37. The zero-order valence-electron chi connectivity index (χ0n) is 15.2. The van der Waals surface area contributed by atoms with Gasteiger partial charge in [-0.2, -0.15) is 5.10 Å². The topological polar surface area (TPSA) is 77.0 Å². The number of hydrogen-bond acceptors (Lipinski definition) is 4. The maximum atomic E-state index is 12.9. The lowest BCUT2D eigenvalue weighted by Gasteiger charge is -2.33. The molecule has 0 aliphatic carbocycles. The molecule has 0 aromatic carbocycles. The monoisotopic (exact) mass is 399 g/mol. The summed E-state index contributed by atoms with van der Waals surface area (Å²) in [4.78, 5) is 19.2. The molecular formula is C18H27Cl2N5O.